The molecule has 1 aliphatic rings. The van der Waals surface area contributed by atoms with Gasteiger partial charge in [0.2, 0.25) is 0 Å². The van der Waals surface area contributed by atoms with Crippen molar-refractivity contribution in [1.29, 1.82) is 0 Å². The summed E-state index contributed by atoms with van der Waals surface area (Å²) in [5.74, 6) is 0. The Hall–Kier alpha value is -1.09. The predicted octanol–water partition coefficient (Wildman–Crippen LogP) is 2.62. The first-order valence-electron chi connectivity index (χ1n) is 6.21. The van der Waals surface area contributed by atoms with Crippen molar-refractivity contribution < 1.29 is 0 Å². The molecule has 0 atom stereocenters. The van der Waals surface area contributed by atoms with Gasteiger partial charge >= 0.3 is 0 Å². The van der Waals surface area contributed by atoms with E-state index >= 15 is 0 Å². The van der Waals surface area contributed by atoms with Crippen LogP contribution in [0.4, 0.5) is 0 Å². The van der Waals surface area contributed by atoms with Gasteiger partial charge in [0.15, 0.2) is 0 Å². The maximum atomic E-state index is 4.23. The molecular weight excluding hydrogens is 198 g/mol. The van der Waals surface area contributed by atoms with Crippen molar-refractivity contribution >= 4 is 6.08 Å². The van der Waals surface area contributed by atoms with Gasteiger partial charge in [0.05, 0.1) is 18.2 Å². The van der Waals surface area contributed by atoms with Crippen LogP contribution in [0.5, 0.6) is 0 Å². The molecular formula is C13H21N3. The first kappa shape index (κ1) is 11.4. The number of hydrogen-bond acceptors (Lipinski definition) is 2. The number of rotatable bonds is 6. The lowest BCUT2D eigenvalue weighted by molar-refractivity contribution is 0.712. The summed E-state index contributed by atoms with van der Waals surface area (Å²) in [5, 5.41) is 3.41. The van der Waals surface area contributed by atoms with Crippen LogP contribution >= 0.6 is 0 Å². The van der Waals surface area contributed by atoms with Crippen LogP contribution in [-0.2, 0) is 0 Å². The summed E-state index contributed by atoms with van der Waals surface area (Å²) in [7, 11) is 0. The van der Waals surface area contributed by atoms with Crippen molar-refractivity contribution in [2.75, 3.05) is 13.1 Å². The van der Waals surface area contributed by atoms with Crippen molar-refractivity contribution in [3.05, 3.63) is 23.8 Å². The third-order valence-corrected chi connectivity index (χ3v) is 2.86. The fourth-order valence-corrected chi connectivity index (χ4v) is 1.85. The lowest BCUT2D eigenvalue weighted by Gasteiger charge is -2.05. The minimum absolute atomic E-state index is 0.713. The molecule has 1 saturated carbocycles. The van der Waals surface area contributed by atoms with E-state index in [9.17, 15) is 0 Å². The Morgan fingerprint density at radius 2 is 2.44 bits per heavy atom. The van der Waals surface area contributed by atoms with Crippen molar-refractivity contribution in [1.82, 2.24) is 14.9 Å². The minimum Gasteiger partial charge on any atom is -0.328 e. The predicted molar refractivity (Wildman–Crippen MR) is 67.3 cm³/mol. The zero-order valence-corrected chi connectivity index (χ0v) is 10.2. The van der Waals surface area contributed by atoms with Gasteiger partial charge in [0, 0.05) is 12.6 Å². The highest BCUT2D eigenvalue weighted by molar-refractivity contribution is 5.48. The summed E-state index contributed by atoms with van der Waals surface area (Å²) in [6.45, 7) is 6.43. The monoisotopic (exact) mass is 219 g/mol. The molecule has 2 rings (SSSR count). The highest BCUT2D eigenvalue weighted by Gasteiger charge is 2.24. The smallest absolute Gasteiger partial charge is 0.0953 e. The molecule has 0 amide bonds. The van der Waals surface area contributed by atoms with Crippen LogP contribution in [0.2, 0.25) is 0 Å². The van der Waals surface area contributed by atoms with Gasteiger partial charge in [-0.25, -0.2) is 4.98 Å². The molecule has 88 valence electrons. The van der Waals surface area contributed by atoms with Crippen molar-refractivity contribution in [2.24, 2.45) is 0 Å². The SMILES string of the molecule is CCCNCC(C)=Cc1cncn1C1CC1. The van der Waals surface area contributed by atoms with Crippen LogP contribution in [0.15, 0.2) is 18.1 Å². The van der Waals surface area contributed by atoms with E-state index in [-0.39, 0.29) is 0 Å². The normalized spacial score (nSPS) is 16.8. The Bertz CT molecular complexity index is 361. The second-order valence-electron chi connectivity index (χ2n) is 4.62. The summed E-state index contributed by atoms with van der Waals surface area (Å²) in [6, 6.07) is 0.713. The average Bonchev–Trinajstić information content (AvgIpc) is 3.01. The molecule has 0 aromatic carbocycles. The van der Waals surface area contributed by atoms with Crippen LogP contribution in [0.1, 0.15) is 44.8 Å². The van der Waals surface area contributed by atoms with E-state index in [0.29, 0.717) is 6.04 Å². The summed E-state index contributed by atoms with van der Waals surface area (Å²) < 4.78 is 2.29. The molecule has 1 N–H and O–H groups in total. The van der Waals surface area contributed by atoms with Crippen LogP contribution in [0.3, 0.4) is 0 Å². The minimum atomic E-state index is 0.713. The topological polar surface area (TPSA) is 29.9 Å². The van der Waals surface area contributed by atoms with Crippen LogP contribution in [0, 0.1) is 0 Å². The van der Waals surface area contributed by atoms with Gasteiger partial charge in [-0.15, -0.1) is 0 Å². The van der Waals surface area contributed by atoms with E-state index in [1.165, 1.54) is 30.5 Å². The van der Waals surface area contributed by atoms with E-state index < -0.39 is 0 Å². The highest BCUT2D eigenvalue weighted by Crippen LogP contribution is 2.35. The van der Waals surface area contributed by atoms with Gasteiger partial charge in [0.25, 0.3) is 0 Å². The Morgan fingerprint density at radius 1 is 1.62 bits per heavy atom. The average molecular weight is 219 g/mol. The molecule has 1 aromatic heterocycles. The standard InChI is InChI=1S/C13H21N3/c1-3-6-14-8-11(2)7-13-9-15-10-16(13)12-4-5-12/h7,9-10,12,14H,3-6,8H2,1-2H3. The van der Waals surface area contributed by atoms with Gasteiger partial charge in [0.1, 0.15) is 0 Å². The fourth-order valence-electron chi connectivity index (χ4n) is 1.85. The Kier molecular flexibility index (Phi) is 3.78. The van der Waals surface area contributed by atoms with Crippen LogP contribution in [-0.4, -0.2) is 22.6 Å². The molecule has 0 unspecified atom stereocenters. The third-order valence-electron chi connectivity index (χ3n) is 2.86. The third kappa shape index (κ3) is 2.95. The molecule has 1 aliphatic carbocycles. The number of hydrogen-bond donors (Lipinski definition) is 1. The largest absolute Gasteiger partial charge is 0.328 e. The highest BCUT2D eigenvalue weighted by atomic mass is 15.1. The molecule has 0 aliphatic heterocycles. The fraction of sp³-hybridized carbons (Fsp3) is 0.615. The molecule has 0 bridgehead atoms. The summed E-state index contributed by atoms with van der Waals surface area (Å²) >= 11 is 0. The molecule has 1 heterocycles. The van der Waals surface area contributed by atoms with Crippen molar-refractivity contribution in [3.63, 3.8) is 0 Å². The zero-order chi connectivity index (χ0) is 11.4. The number of imidazole rings is 1. The van der Waals surface area contributed by atoms with E-state index in [2.05, 4.69) is 34.8 Å². The van der Waals surface area contributed by atoms with Gasteiger partial charge in [-0.1, -0.05) is 12.5 Å². The summed E-state index contributed by atoms with van der Waals surface area (Å²) in [6.07, 6.45) is 9.97. The quantitative estimate of drug-likeness (QED) is 0.745. The second kappa shape index (κ2) is 5.30. The number of nitrogens with zero attached hydrogens (tertiary/aromatic N) is 2. The Balaban J connectivity index is 1.95. The Morgan fingerprint density at radius 3 is 3.12 bits per heavy atom. The maximum Gasteiger partial charge on any atom is 0.0953 e. The maximum absolute atomic E-state index is 4.23. The molecule has 3 heteroatoms. The van der Waals surface area contributed by atoms with Crippen LogP contribution in [0.25, 0.3) is 6.08 Å². The van der Waals surface area contributed by atoms with Gasteiger partial charge in [-0.05, 0) is 38.8 Å². The molecule has 1 fully saturated rings. The van der Waals surface area contributed by atoms with Crippen molar-refractivity contribution in [3.8, 4) is 0 Å². The second-order valence-corrected chi connectivity index (χ2v) is 4.62. The number of nitrogens with one attached hydrogen (secondary N) is 1. The lowest BCUT2D eigenvalue weighted by Crippen LogP contribution is -2.16. The van der Waals surface area contributed by atoms with E-state index in [1.807, 2.05) is 12.5 Å². The summed E-state index contributed by atoms with van der Waals surface area (Å²) in [5.41, 5.74) is 2.62. The zero-order valence-electron chi connectivity index (χ0n) is 10.2. The Labute approximate surface area is 97.6 Å². The molecule has 0 spiro atoms. The number of aromatic nitrogens is 2. The van der Waals surface area contributed by atoms with Crippen LogP contribution < -0.4 is 5.32 Å². The lowest BCUT2D eigenvalue weighted by atomic mass is 10.2. The first-order valence-corrected chi connectivity index (χ1v) is 6.21. The van der Waals surface area contributed by atoms with Gasteiger partial charge in [-0.2, -0.15) is 0 Å². The summed E-state index contributed by atoms with van der Waals surface area (Å²) in [4.78, 5) is 4.23. The molecule has 1 aromatic rings. The van der Waals surface area contributed by atoms with E-state index in [4.69, 9.17) is 0 Å². The van der Waals surface area contributed by atoms with Gasteiger partial charge in [-0.3, -0.25) is 0 Å². The van der Waals surface area contributed by atoms with E-state index in [0.717, 1.165) is 13.1 Å². The molecule has 0 radical (unpaired) electrons. The van der Waals surface area contributed by atoms with E-state index in [1.54, 1.807) is 0 Å². The molecule has 16 heavy (non-hydrogen) atoms. The molecule has 3 nitrogen and oxygen atoms in total. The molecule has 0 saturated heterocycles. The first-order chi connectivity index (χ1) is 7.81. The van der Waals surface area contributed by atoms with Gasteiger partial charge < -0.3 is 9.88 Å². The van der Waals surface area contributed by atoms with Crippen molar-refractivity contribution in [2.45, 2.75) is 39.2 Å².